The Balaban J connectivity index is 1.32. The summed E-state index contributed by atoms with van der Waals surface area (Å²) in [6, 6.07) is 18.0. The van der Waals surface area contributed by atoms with Gasteiger partial charge in [0, 0.05) is 43.3 Å². The van der Waals surface area contributed by atoms with Crippen molar-refractivity contribution in [3.63, 3.8) is 0 Å². The number of para-hydroxylation sites is 1. The Labute approximate surface area is 169 Å². The lowest BCUT2D eigenvalue weighted by atomic mass is 10.2. The molecule has 0 radical (unpaired) electrons. The van der Waals surface area contributed by atoms with E-state index in [-0.39, 0.29) is 0 Å². The van der Waals surface area contributed by atoms with Gasteiger partial charge in [0.05, 0.1) is 19.2 Å². The summed E-state index contributed by atoms with van der Waals surface area (Å²) in [5.41, 5.74) is 2.00. The van der Waals surface area contributed by atoms with Crippen LogP contribution in [0.2, 0.25) is 0 Å². The lowest BCUT2D eigenvalue weighted by molar-refractivity contribution is 0.288. The molecule has 0 N–H and O–H groups in total. The van der Waals surface area contributed by atoms with Crippen molar-refractivity contribution in [2.24, 2.45) is 0 Å². The van der Waals surface area contributed by atoms with Gasteiger partial charge in [-0.15, -0.1) is 0 Å². The third kappa shape index (κ3) is 4.33. The van der Waals surface area contributed by atoms with E-state index in [4.69, 9.17) is 9.72 Å². The van der Waals surface area contributed by atoms with Crippen LogP contribution in [0, 0.1) is 11.8 Å². The van der Waals surface area contributed by atoms with E-state index in [2.05, 4.69) is 26.0 Å². The van der Waals surface area contributed by atoms with Crippen molar-refractivity contribution in [2.45, 2.75) is 0 Å². The molecule has 4 rings (SSSR count). The normalized spacial score (nSPS) is 14.4. The molecule has 2 heterocycles. The number of benzene rings is 2. The van der Waals surface area contributed by atoms with Crippen molar-refractivity contribution in [1.82, 2.24) is 14.3 Å². The molecule has 1 aromatic heterocycles. The minimum atomic E-state index is 0.761. The summed E-state index contributed by atoms with van der Waals surface area (Å²) in [6.07, 6.45) is 0. The van der Waals surface area contributed by atoms with Crippen LogP contribution in [-0.2, 0) is 0 Å². The first-order valence-electron chi connectivity index (χ1n) is 9.32. The van der Waals surface area contributed by atoms with Crippen LogP contribution in [0.1, 0.15) is 5.56 Å². The van der Waals surface area contributed by atoms with E-state index in [1.165, 1.54) is 11.5 Å². The van der Waals surface area contributed by atoms with Gasteiger partial charge in [0.25, 0.3) is 0 Å². The fraction of sp³-hybridized carbons (Fsp3) is 0.273. The van der Waals surface area contributed by atoms with Crippen LogP contribution >= 0.6 is 11.5 Å². The lowest BCUT2D eigenvalue weighted by Crippen LogP contribution is -2.46. The first kappa shape index (κ1) is 18.5. The number of aromatic nitrogens is 2. The van der Waals surface area contributed by atoms with Crippen LogP contribution in [0.4, 0.5) is 5.13 Å². The summed E-state index contributed by atoms with van der Waals surface area (Å²) in [4.78, 5) is 9.41. The number of ether oxygens (including phenoxy) is 1. The van der Waals surface area contributed by atoms with Gasteiger partial charge in [-0.25, -0.2) is 0 Å². The van der Waals surface area contributed by atoms with Crippen molar-refractivity contribution >= 4 is 16.7 Å². The van der Waals surface area contributed by atoms with E-state index in [9.17, 15) is 0 Å². The summed E-state index contributed by atoms with van der Waals surface area (Å²) in [5.74, 6) is 8.14. The molecule has 1 aliphatic rings. The summed E-state index contributed by atoms with van der Waals surface area (Å²) < 4.78 is 9.87. The van der Waals surface area contributed by atoms with E-state index in [1.807, 2.05) is 54.6 Å². The molecule has 3 aromatic rings. The molecule has 0 bridgehead atoms. The van der Waals surface area contributed by atoms with E-state index in [1.54, 1.807) is 7.11 Å². The highest BCUT2D eigenvalue weighted by Crippen LogP contribution is 2.24. The van der Waals surface area contributed by atoms with E-state index < -0.39 is 0 Å². The molecule has 5 nitrogen and oxygen atoms in total. The molecule has 142 valence electrons. The summed E-state index contributed by atoms with van der Waals surface area (Å²) in [7, 11) is 1.68. The Morgan fingerprint density at radius 2 is 1.75 bits per heavy atom. The smallest absolute Gasteiger partial charge is 0.205 e. The molecule has 0 amide bonds. The topological polar surface area (TPSA) is 41.5 Å². The maximum absolute atomic E-state index is 5.35. The minimum Gasteiger partial charge on any atom is -0.495 e. The SMILES string of the molecule is COc1ccccc1C#CCN1CCN(c2nc(-c3ccccc3)ns2)CC1. The van der Waals surface area contributed by atoms with E-state index in [0.717, 1.165) is 60.6 Å². The van der Waals surface area contributed by atoms with E-state index >= 15 is 0 Å². The molecule has 1 aliphatic heterocycles. The highest BCUT2D eigenvalue weighted by atomic mass is 32.1. The van der Waals surface area contributed by atoms with Crippen LogP contribution in [0.15, 0.2) is 54.6 Å². The van der Waals surface area contributed by atoms with Gasteiger partial charge in [0.2, 0.25) is 5.13 Å². The van der Waals surface area contributed by atoms with E-state index in [0.29, 0.717) is 0 Å². The molecule has 2 aromatic carbocycles. The van der Waals surface area contributed by atoms with Crippen molar-refractivity contribution in [1.29, 1.82) is 0 Å². The molecular formula is C22H22N4OS. The Hall–Kier alpha value is -2.88. The zero-order valence-electron chi connectivity index (χ0n) is 15.8. The lowest BCUT2D eigenvalue weighted by Gasteiger charge is -2.33. The van der Waals surface area contributed by atoms with Gasteiger partial charge in [-0.1, -0.05) is 54.3 Å². The maximum Gasteiger partial charge on any atom is 0.205 e. The summed E-state index contributed by atoms with van der Waals surface area (Å²) in [5, 5.41) is 0.999. The van der Waals surface area contributed by atoms with Gasteiger partial charge in [0.15, 0.2) is 5.82 Å². The summed E-state index contributed by atoms with van der Waals surface area (Å²) in [6.45, 7) is 4.60. The van der Waals surface area contributed by atoms with Gasteiger partial charge in [-0.3, -0.25) is 4.90 Å². The molecule has 0 spiro atoms. The highest BCUT2D eigenvalue weighted by molar-refractivity contribution is 7.09. The standard InChI is InChI=1S/C22H22N4OS/c1-27-20-12-6-5-8-18(20)11-7-13-25-14-16-26(17-15-25)22-23-21(24-28-22)19-9-3-2-4-10-19/h2-6,8-10,12H,13-17H2,1H3. The maximum atomic E-state index is 5.35. The molecular weight excluding hydrogens is 368 g/mol. The summed E-state index contributed by atoms with van der Waals surface area (Å²) >= 11 is 1.48. The number of nitrogens with zero attached hydrogens (tertiary/aromatic N) is 4. The number of hydrogen-bond donors (Lipinski definition) is 0. The van der Waals surface area contributed by atoms with Crippen LogP contribution in [0.5, 0.6) is 5.75 Å². The predicted molar refractivity (Wildman–Crippen MR) is 114 cm³/mol. The van der Waals surface area contributed by atoms with Gasteiger partial charge < -0.3 is 9.64 Å². The van der Waals surface area contributed by atoms with Crippen LogP contribution in [-0.4, -0.2) is 54.1 Å². The number of methoxy groups -OCH3 is 1. The number of rotatable bonds is 4. The number of anilines is 1. The fourth-order valence-corrected chi connectivity index (χ4v) is 3.88. The number of piperazine rings is 1. The first-order valence-corrected chi connectivity index (χ1v) is 10.1. The molecule has 0 atom stereocenters. The Kier molecular flexibility index (Phi) is 5.86. The van der Waals surface area contributed by atoms with Crippen molar-refractivity contribution in [3.8, 4) is 29.0 Å². The van der Waals surface area contributed by atoms with Crippen molar-refractivity contribution in [2.75, 3.05) is 44.7 Å². The quantitative estimate of drug-likeness (QED) is 0.639. The molecule has 0 aliphatic carbocycles. The third-order valence-electron chi connectivity index (χ3n) is 4.72. The van der Waals surface area contributed by atoms with Gasteiger partial charge in [-0.05, 0) is 12.1 Å². The minimum absolute atomic E-state index is 0.761. The number of hydrogen-bond acceptors (Lipinski definition) is 6. The van der Waals surface area contributed by atoms with Gasteiger partial charge in [-0.2, -0.15) is 9.36 Å². The third-order valence-corrected chi connectivity index (χ3v) is 5.50. The Morgan fingerprint density at radius 1 is 1.00 bits per heavy atom. The molecule has 0 unspecified atom stereocenters. The average Bonchev–Trinajstić information content (AvgIpc) is 3.25. The second-order valence-electron chi connectivity index (χ2n) is 6.53. The molecule has 28 heavy (non-hydrogen) atoms. The average molecular weight is 391 g/mol. The largest absolute Gasteiger partial charge is 0.495 e. The zero-order valence-corrected chi connectivity index (χ0v) is 16.7. The second-order valence-corrected chi connectivity index (χ2v) is 7.26. The van der Waals surface area contributed by atoms with Crippen LogP contribution in [0.3, 0.4) is 0 Å². The molecule has 1 fully saturated rings. The van der Waals surface area contributed by atoms with Crippen molar-refractivity contribution in [3.05, 3.63) is 60.2 Å². The zero-order chi connectivity index (χ0) is 19.2. The van der Waals surface area contributed by atoms with Crippen LogP contribution < -0.4 is 9.64 Å². The highest BCUT2D eigenvalue weighted by Gasteiger charge is 2.19. The van der Waals surface area contributed by atoms with Crippen LogP contribution in [0.25, 0.3) is 11.4 Å². The first-order chi connectivity index (χ1) is 13.8. The predicted octanol–water partition coefficient (Wildman–Crippen LogP) is 3.39. The van der Waals surface area contributed by atoms with Gasteiger partial charge >= 0.3 is 0 Å². The monoisotopic (exact) mass is 390 g/mol. The Morgan fingerprint density at radius 3 is 2.54 bits per heavy atom. The van der Waals surface area contributed by atoms with Crippen molar-refractivity contribution < 1.29 is 4.74 Å². The molecule has 6 heteroatoms. The fourth-order valence-electron chi connectivity index (χ4n) is 3.14. The molecule has 0 saturated carbocycles. The molecule has 1 saturated heterocycles. The van der Waals surface area contributed by atoms with Gasteiger partial charge in [0.1, 0.15) is 5.75 Å². The Bertz CT molecular complexity index is 969. The second kappa shape index (κ2) is 8.87.